The fraction of sp³-hybridized carbons (Fsp3) is 0.429. The van der Waals surface area contributed by atoms with Crippen LogP contribution < -0.4 is 11.1 Å². The number of nitrogens with one attached hydrogen (secondary N) is 1. The molecule has 0 spiro atoms. The largest absolute Gasteiger partial charge is 0.366 e. The van der Waals surface area contributed by atoms with Crippen LogP contribution >= 0.6 is 0 Å². The normalized spacial score (nSPS) is 15.1. The van der Waals surface area contributed by atoms with Gasteiger partial charge < -0.3 is 11.1 Å². The summed E-state index contributed by atoms with van der Waals surface area (Å²) in [5, 5.41) is 3.47. The van der Waals surface area contributed by atoms with Crippen molar-refractivity contribution in [3.63, 3.8) is 0 Å². The lowest BCUT2D eigenvalue weighted by Crippen LogP contribution is -2.19. The Bertz CT molecular complexity index is 739. The van der Waals surface area contributed by atoms with Crippen LogP contribution in [-0.2, 0) is 6.54 Å². The molecule has 1 heterocycles. The number of carbonyl (C=O) groups excluding carboxylic acids is 1. The number of amides is 1. The summed E-state index contributed by atoms with van der Waals surface area (Å²) < 4.78 is 14.0. The Morgan fingerprint density at radius 1 is 1.19 bits per heavy atom. The zero-order valence-electron chi connectivity index (χ0n) is 15.0. The number of benzene rings is 1. The first-order valence-corrected chi connectivity index (χ1v) is 9.39. The van der Waals surface area contributed by atoms with E-state index in [-0.39, 0.29) is 11.1 Å². The molecule has 0 radical (unpaired) electrons. The van der Waals surface area contributed by atoms with E-state index in [4.69, 9.17) is 5.73 Å². The van der Waals surface area contributed by atoms with Gasteiger partial charge in [-0.15, -0.1) is 0 Å². The van der Waals surface area contributed by atoms with Crippen LogP contribution in [0.5, 0.6) is 0 Å². The van der Waals surface area contributed by atoms with Gasteiger partial charge in [0.2, 0.25) is 5.91 Å². The Morgan fingerprint density at radius 3 is 2.69 bits per heavy atom. The molecule has 0 saturated heterocycles. The summed E-state index contributed by atoms with van der Waals surface area (Å²) >= 11 is 0. The lowest BCUT2D eigenvalue weighted by atomic mass is 9.87. The molecule has 5 heteroatoms. The van der Waals surface area contributed by atoms with Crippen molar-refractivity contribution < 1.29 is 9.18 Å². The predicted molar refractivity (Wildman–Crippen MR) is 101 cm³/mol. The molecule has 2 aromatic rings. The van der Waals surface area contributed by atoms with Gasteiger partial charge in [-0.3, -0.25) is 9.78 Å². The average Bonchev–Trinajstić information content (AvgIpc) is 2.67. The highest BCUT2D eigenvalue weighted by molar-refractivity contribution is 5.94. The van der Waals surface area contributed by atoms with Gasteiger partial charge in [0, 0.05) is 23.9 Å². The first-order valence-electron chi connectivity index (χ1n) is 9.39. The van der Waals surface area contributed by atoms with Gasteiger partial charge in [-0.1, -0.05) is 38.2 Å². The maximum absolute atomic E-state index is 14.0. The number of halogens is 1. The number of hydrogen-bond acceptors (Lipinski definition) is 3. The number of hydrogen-bond donors (Lipinski definition) is 2. The molecule has 1 aliphatic rings. The highest BCUT2D eigenvalue weighted by atomic mass is 19.1. The molecule has 1 fully saturated rings. The molecule has 1 aromatic heterocycles. The third-order valence-electron chi connectivity index (χ3n) is 5.13. The Kier molecular flexibility index (Phi) is 6.34. The maximum Gasteiger partial charge on any atom is 0.248 e. The minimum absolute atomic E-state index is 0.275. The van der Waals surface area contributed by atoms with Gasteiger partial charge in [0.05, 0.1) is 5.69 Å². The maximum atomic E-state index is 14.0. The van der Waals surface area contributed by atoms with E-state index in [1.165, 1.54) is 56.7 Å². The molecular weight excluding hydrogens is 329 g/mol. The van der Waals surface area contributed by atoms with Gasteiger partial charge in [-0.2, -0.15) is 0 Å². The smallest absolute Gasteiger partial charge is 0.248 e. The van der Waals surface area contributed by atoms with Crippen LogP contribution in [0.25, 0.3) is 11.3 Å². The third-order valence-corrected chi connectivity index (χ3v) is 5.13. The summed E-state index contributed by atoms with van der Waals surface area (Å²) in [5.41, 5.74) is 7.39. The van der Waals surface area contributed by atoms with Crippen molar-refractivity contribution in [3.8, 4) is 11.3 Å². The Labute approximate surface area is 154 Å². The van der Waals surface area contributed by atoms with E-state index < -0.39 is 11.7 Å². The second kappa shape index (κ2) is 8.90. The van der Waals surface area contributed by atoms with Gasteiger partial charge in [0.15, 0.2) is 0 Å². The number of pyridine rings is 1. The number of carbonyl (C=O) groups is 1. The van der Waals surface area contributed by atoms with E-state index in [9.17, 15) is 9.18 Å². The van der Waals surface area contributed by atoms with Gasteiger partial charge >= 0.3 is 0 Å². The Balaban J connectivity index is 1.55. The molecule has 0 unspecified atom stereocenters. The van der Waals surface area contributed by atoms with Crippen molar-refractivity contribution in [2.75, 3.05) is 6.54 Å². The lowest BCUT2D eigenvalue weighted by Gasteiger charge is -2.21. The second-order valence-electron chi connectivity index (χ2n) is 7.08. The minimum atomic E-state index is -0.579. The summed E-state index contributed by atoms with van der Waals surface area (Å²) in [6.07, 6.45) is 9.87. The Hall–Kier alpha value is -2.27. The number of nitrogens with zero attached hydrogens (tertiary/aromatic N) is 1. The first kappa shape index (κ1) is 18.5. The van der Waals surface area contributed by atoms with Gasteiger partial charge in [-0.05, 0) is 48.7 Å². The van der Waals surface area contributed by atoms with Gasteiger partial charge in [0.1, 0.15) is 5.82 Å². The Morgan fingerprint density at radius 2 is 2.00 bits per heavy atom. The van der Waals surface area contributed by atoms with Crippen LogP contribution in [-0.4, -0.2) is 17.4 Å². The fourth-order valence-electron chi connectivity index (χ4n) is 3.58. The highest BCUT2D eigenvalue weighted by Gasteiger charge is 2.13. The van der Waals surface area contributed by atoms with E-state index in [2.05, 4.69) is 10.3 Å². The number of rotatable bonds is 7. The topological polar surface area (TPSA) is 68.0 Å². The summed E-state index contributed by atoms with van der Waals surface area (Å²) in [4.78, 5) is 15.6. The van der Waals surface area contributed by atoms with Crippen molar-refractivity contribution in [1.29, 1.82) is 0 Å². The standard InChI is InChI=1S/C21H26FN3O/c22-19-8-7-17(21(23)26)12-18(19)20-9-6-16(14-25-20)13-24-11-10-15-4-2-1-3-5-15/h6-9,12,14-15,24H,1-5,10-11,13H2,(H2,23,26). The van der Waals surface area contributed by atoms with Crippen molar-refractivity contribution in [1.82, 2.24) is 10.3 Å². The molecule has 1 aromatic carbocycles. The van der Waals surface area contributed by atoms with E-state index in [0.29, 0.717) is 5.69 Å². The minimum Gasteiger partial charge on any atom is -0.366 e. The lowest BCUT2D eigenvalue weighted by molar-refractivity contribution is 0.100. The average molecular weight is 355 g/mol. The predicted octanol–water partition coefficient (Wildman–Crippen LogP) is 4.05. The molecule has 1 amide bonds. The molecule has 4 nitrogen and oxygen atoms in total. The van der Waals surface area contributed by atoms with Crippen LogP contribution in [0.4, 0.5) is 4.39 Å². The number of primary amides is 1. The first-order chi connectivity index (χ1) is 12.6. The quantitative estimate of drug-likeness (QED) is 0.736. The molecule has 3 N–H and O–H groups in total. The molecule has 0 atom stereocenters. The molecule has 138 valence electrons. The molecule has 0 aliphatic heterocycles. The van der Waals surface area contributed by atoms with Crippen LogP contribution in [0.15, 0.2) is 36.5 Å². The van der Waals surface area contributed by atoms with Gasteiger partial charge in [-0.25, -0.2) is 4.39 Å². The van der Waals surface area contributed by atoms with Crippen molar-refractivity contribution in [2.24, 2.45) is 11.7 Å². The molecule has 1 saturated carbocycles. The summed E-state index contributed by atoms with van der Waals surface area (Å²) in [6, 6.07) is 7.79. The third kappa shape index (κ3) is 4.88. The van der Waals surface area contributed by atoms with Crippen LogP contribution in [0.1, 0.15) is 54.4 Å². The molecule has 0 bridgehead atoms. The van der Waals surface area contributed by atoms with Crippen LogP contribution in [0, 0.1) is 11.7 Å². The zero-order chi connectivity index (χ0) is 18.4. The number of nitrogens with two attached hydrogens (primary N) is 1. The van der Waals surface area contributed by atoms with Crippen LogP contribution in [0.2, 0.25) is 0 Å². The van der Waals surface area contributed by atoms with Crippen molar-refractivity contribution in [3.05, 3.63) is 53.5 Å². The monoisotopic (exact) mass is 355 g/mol. The molecule has 1 aliphatic carbocycles. The van der Waals surface area contributed by atoms with Crippen molar-refractivity contribution >= 4 is 5.91 Å². The SMILES string of the molecule is NC(=O)c1ccc(F)c(-c2ccc(CNCCC3CCCCC3)cn2)c1. The van der Waals surface area contributed by atoms with Gasteiger partial charge in [0.25, 0.3) is 0 Å². The van der Waals surface area contributed by atoms with E-state index in [1.54, 1.807) is 12.3 Å². The van der Waals surface area contributed by atoms with E-state index in [1.807, 2.05) is 6.07 Å². The fourth-order valence-corrected chi connectivity index (χ4v) is 3.58. The molecule has 26 heavy (non-hydrogen) atoms. The summed E-state index contributed by atoms with van der Waals surface area (Å²) in [7, 11) is 0. The highest BCUT2D eigenvalue weighted by Crippen LogP contribution is 2.26. The molecule has 3 rings (SSSR count). The summed E-state index contributed by atoms with van der Waals surface area (Å²) in [5.74, 6) is -0.122. The second-order valence-corrected chi connectivity index (χ2v) is 7.08. The zero-order valence-corrected chi connectivity index (χ0v) is 15.0. The van der Waals surface area contributed by atoms with E-state index in [0.717, 1.165) is 24.6 Å². The van der Waals surface area contributed by atoms with Crippen molar-refractivity contribution in [2.45, 2.75) is 45.1 Å². The summed E-state index contributed by atoms with van der Waals surface area (Å²) in [6.45, 7) is 1.77. The van der Waals surface area contributed by atoms with E-state index >= 15 is 0 Å². The molecular formula is C21H26FN3O. The number of aromatic nitrogens is 1. The van der Waals surface area contributed by atoms with Crippen LogP contribution in [0.3, 0.4) is 0 Å².